The van der Waals surface area contributed by atoms with Gasteiger partial charge in [0.1, 0.15) is 5.82 Å². The lowest BCUT2D eigenvalue weighted by molar-refractivity contribution is 0.391. The van der Waals surface area contributed by atoms with Gasteiger partial charge in [-0.3, -0.25) is 0 Å². The third-order valence-electron chi connectivity index (χ3n) is 4.45. The number of hydrogen-bond acceptors (Lipinski definition) is 6. The fourth-order valence-corrected chi connectivity index (χ4v) is 3.94. The maximum atomic E-state index is 6.19. The Morgan fingerprint density at radius 3 is 2.76 bits per heavy atom. The van der Waals surface area contributed by atoms with E-state index in [4.69, 9.17) is 16.1 Å². The molecular weight excluding hydrogens is 358 g/mol. The molecule has 0 amide bonds. The highest BCUT2D eigenvalue weighted by molar-refractivity contribution is 7.98. The monoisotopic (exact) mass is 373 g/mol. The standard InChI is InChI=1S/C17H16ClN5OS/c18-13-4-2-1-3-12(13)15-19-14(24-22-15)9-25-17-21-20-16(10-5-6-10)23(17)11-7-8-11/h1-4,10-11H,5-9H2. The Bertz CT molecular complexity index is 915. The first-order valence-electron chi connectivity index (χ1n) is 8.44. The normalized spacial score (nSPS) is 17.2. The Labute approximate surface area is 154 Å². The first-order chi connectivity index (χ1) is 12.3. The number of rotatable bonds is 6. The summed E-state index contributed by atoms with van der Waals surface area (Å²) in [6.07, 6.45) is 4.92. The number of nitrogens with zero attached hydrogens (tertiary/aromatic N) is 5. The van der Waals surface area contributed by atoms with Crippen molar-refractivity contribution in [3.8, 4) is 11.4 Å². The SMILES string of the molecule is Clc1ccccc1-c1noc(CSc2nnc(C3CC3)n2C2CC2)n1. The zero-order valence-electron chi connectivity index (χ0n) is 13.4. The molecule has 5 rings (SSSR count). The maximum Gasteiger partial charge on any atom is 0.237 e. The summed E-state index contributed by atoms with van der Waals surface area (Å²) in [5.74, 6) is 3.43. The van der Waals surface area contributed by atoms with E-state index in [1.165, 1.54) is 25.7 Å². The molecule has 25 heavy (non-hydrogen) atoms. The largest absolute Gasteiger partial charge is 0.338 e. The Balaban J connectivity index is 1.33. The molecule has 6 nitrogen and oxygen atoms in total. The highest BCUT2D eigenvalue weighted by Crippen LogP contribution is 2.46. The Morgan fingerprint density at radius 2 is 2.00 bits per heavy atom. The van der Waals surface area contributed by atoms with Crippen molar-refractivity contribution in [3.05, 3.63) is 41.0 Å². The second-order valence-corrected chi connectivity index (χ2v) is 7.85. The molecule has 2 heterocycles. The van der Waals surface area contributed by atoms with Gasteiger partial charge in [-0.2, -0.15) is 4.98 Å². The van der Waals surface area contributed by atoms with Crippen molar-refractivity contribution in [2.45, 2.75) is 48.6 Å². The molecule has 0 N–H and O–H groups in total. The van der Waals surface area contributed by atoms with Crippen LogP contribution < -0.4 is 0 Å². The quantitative estimate of drug-likeness (QED) is 0.593. The highest BCUT2D eigenvalue weighted by Gasteiger charge is 2.36. The molecule has 0 bridgehead atoms. The van der Waals surface area contributed by atoms with Gasteiger partial charge in [0.05, 0.1) is 10.8 Å². The zero-order valence-corrected chi connectivity index (χ0v) is 15.0. The molecule has 3 aromatic rings. The lowest BCUT2D eigenvalue weighted by Crippen LogP contribution is -2.01. The summed E-state index contributed by atoms with van der Waals surface area (Å²) in [7, 11) is 0. The van der Waals surface area contributed by atoms with Crippen molar-refractivity contribution < 1.29 is 4.52 Å². The van der Waals surface area contributed by atoms with Crippen LogP contribution in [0.25, 0.3) is 11.4 Å². The van der Waals surface area contributed by atoms with Crippen LogP contribution in [0.2, 0.25) is 5.02 Å². The summed E-state index contributed by atoms with van der Waals surface area (Å²) in [4.78, 5) is 4.46. The average Bonchev–Trinajstić information content (AvgIpc) is 3.55. The van der Waals surface area contributed by atoms with Crippen LogP contribution in [0.3, 0.4) is 0 Å². The molecule has 2 aliphatic rings. The minimum Gasteiger partial charge on any atom is -0.338 e. The molecule has 2 saturated carbocycles. The number of halogens is 1. The summed E-state index contributed by atoms with van der Waals surface area (Å²) in [5.41, 5.74) is 0.779. The van der Waals surface area contributed by atoms with Crippen molar-refractivity contribution in [2.24, 2.45) is 0 Å². The molecule has 0 saturated heterocycles. The zero-order chi connectivity index (χ0) is 16.8. The third-order valence-corrected chi connectivity index (χ3v) is 5.71. The van der Waals surface area contributed by atoms with Crippen LogP contribution in [0.15, 0.2) is 33.9 Å². The van der Waals surface area contributed by atoms with Gasteiger partial charge in [0.25, 0.3) is 0 Å². The van der Waals surface area contributed by atoms with E-state index < -0.39 is 0 Å². The molecule has 0 unspecified atom stereocenters. The van der Waals surface area contributed by atoms with Crippen molar-refractivity contribution in [1.82, 2.24) is 24.9 Å². The van der Waals surface area contributed by atoms with E-state index in [-0.39, 0.29) is 0 Å². The molecule has 2 aliphatic carbocycles. The van der Waals surface area contributed by atoms with Crippen LogP contribution in [-0.2, 0) is 5.75 Å². The van der Waals surface area contributed by atoms with Gasteiger partial charge in [0.15, 0.2) is 5.16 Å². The van der Waals surface area contributed by atoms with Crippen molar-refractivity contribution in [2.75, 3.05) is 0 Å². The average molecular weight is 374 g/mol. The maximum absolute atomic E-state index is 6.19. The summed E-state index contributed by atoms with van der Waals surface area (Å²) >= 11 is 7.80. The van der Waals surface area contributed by atoms with Gasteiger partial charge in [-0.25, -0.2) is 0 Å². The van der Waals surface area contributed by atoms with E-state index in [1.807, 2.05) is 24.3 Å². The first-order valence-corrected chi connectivity index (χ1v) is 9.81. The van der Waals surface area contributed by atoms with Crippen LogP contribution in [0.4, 0.5) is 0 Å². The highest BCUT2D eigenvalue weighted by atomic mass is 35.5. The van der Waals surface area contributed by atoms with E-state index in [2.05, 4.69) is 24.9 Å². The summed E-state index contributed by atoms with van der Waals surface area (Å²) in [6, 6.07) is 8.07. The molecule has 2 fully saturated rings. The van der Waals surface area contributed by atoms with Crippen LogP contribution in [0, 0.1) is 0 Å². The molecule has 0 atom stereocenters. The smallest absolute Gasteiger partial charge is 0.237 e. The van der Waals surface area contributed by atoms with Gasteiger partial charge in [0, 0.05) is 17.5 Å². The predicted octanol–water partition coefficient (Wildman–Crippen LogP) is 4.49. The van der Waals surface area contributed by atoms with Crippen molar-refractivity contribution in [3.63, 3.8) is 0 Å². The topological polar surface area (TPSA) is 69.6 Å². The van der Waals surface area contributed by atoms with Crippen molar-refractivity contribution >= 4 is 23.4 Å². The number of benzene rings is 1. The molecule has 1 aromatic carbocycles. The second kappa shape index (κ2) is 6.14. The van der Waals surface area contributed by atoms with Crippen LogP contribution in [0.5, 0.6) is 0 Å². The third kappa shape index (κ3) is 3.06. The van der Waals surface area contributed by atoms with E-state index in [0.29, 0.717) is 34.5 Å². The molecule has 128 valence electrons. The Kier molecular flexibility index (Phi) is 3.78. The number of hydrogen-bond donors (Lipinski definition) is 0. The number of aromatic nitrogens is 5. The fourth-order valence-electron chi connectivity index (χ4n) is 2.87. The van der Waals surface area contributed by atoms with Crippen LogP contribution in [-0.4, -0.2) is 24.9 Å². The summed E-state index contributed by atoms with van der Waals surface area (Å²) in [5, 5.41) is 14.4. The van der Waals surface area contributed by atoms with Gasteiger partial charge >= 0.3 is 0 Å². The van der Waals surface area contributed by atoms with E-state index in [1.54, 1.807) is 11.8 Å². The lowest BCUT2D eigenvalue weighted by atomic mass is 10.2. The van der Waals surface area contributed by atoms with Crippen LogP contribution >= 0.6 is 23.4 Å². The fraction of sp³-hybridized carbons (Fsp3) is 0.412. The lowest BCUT2D eigenvalue weighted by Gasteiger charge is -2.06. The first kappa shape index (κ1) is 15.4. The predicted molar refractivity (Wildman–Crippen MR) is 94.6 cm³/mol. The van der Waals surface area contributed by atoms with E-state index >= 15 is 0 Å². The Morgan fingerprint density at radius 1 is 1.16 bits per heavy atom. The molecule has 2 aromatic heterocycles. The summed E-state index contributed by atoms with van der Waals surface area (Å²) in [6.45, 7) is 0. The van der Waals surface area contributed by atoms with Gasteiger partial charge in [-0.15, -0.1) is 10.2 Å². The van der Waals surface area contributed by atoms with Gasteiger partial charge < -0.3 is 9.09 Å². The minimum absolute atomic E-state index is 0.517. The molecule has 0 spiro atoms. The molecule has 8 heteroatoms. The summed E-state index contributed by atoms with van der Waals surface area (Å²) < 4.78 is 7.71. The van der Waals surface area contributed by atoms with Gasteiger partial charge in [-0.05, 0) is 37.8 Å². The van der Waals surface area contributed by atoms with Gasteiger partial charge in [0.2, 0.25) is 11.7 Å². The Hall–Kier alpha value is -1.86. The van der Waals surface area contributed by atoms with Gasteiger partial charge in [-0.1, -0.05) is 40.7 Å². The second-order valence-electron chi connectivity index (χ2n) is 6.50. The van der Waals surface area contributed by atoms with E-state index in [9.17, 15) is 0 Å². The minimum atomic E-state index is 0.517. The molecular formula is C17H16ClN5OS. The molecule has 0 radical (unpaired) electrons. The van der Waals surface area contributed by atoms with E-state index in [0.717, 1.165) is 16.5 Å². The molecule has 0 aliphatic heterocycles. The van der Waals surface area contributed by atoms with Crippen LogP contribution in [0.1, 0.15) is 49.4 Å². The number of thioether (sulfide) groups is 1. The van der Waals surface area contributed by atoms with Crippen molar-refractivity contribution in [1.29, 1.82) is 0 Å².